The molecule has 3 heterocycles. The van der Waals surface area contributed by atoms with Gasteiger partial charge in [-0.15, -0.1) is 0 Å². The first-order valence-electron chi connectivity index (χ1n) is 11.1. The maximum atomic E-state index is 14.7. The van der Waals surface area contributed by atoms with Crippen LogP contribution in [0.4, 0.5) is 18.9 Å². The van der Waals surface area contributed by atoms with Gasteiger partial charge in [0.15, 0.2) is 0 Å². The zero-order valence-electron chi connectivity index (χ0n) is 19.2. The highest BCUT2D eigenvalue weighted by atomic mass is 19.3. The molecule has 1 atom stereocenters. The predicted octanol–water partition coefficient (Wildman–Crippen LogP) is 5.46. The van der Waals surface area contributed by atoms with Crippen molar-refractivity contribution in [3.05, 3.63) is 71.8 Å². The van der Waals surface area contributed by atoms with Gasteiger partial charge in [-0.05, 0) is 19.2 Å². The molecule has 1 fully saturated rings. The van der Waals surface area contributed by atoms with E-state index in [1.54, 1.807) is 36.2 Å². The van der Waals surface area contributed by atoms with Crippen molar-refractivity contribution >= 4 is 11.6 Å². The number of halogens is 3. The van der Waals surface area contributed by atoms with Crippen molar-refractivity contribution in [2.24, 2.45) is 0 Å². The van der Waals surface area contributed by atoms with E-state index in [9.17, 15) is 18.0 Å². The molecule has 34 heavy (non-hydrogen) atoms. The average molecular weight is 470 g/mol. The number of carbonyl (C=O) groups excluding carboxylic acids is 1. The Morgan fingerprint density at radius 2 is 1.82 bits per heavy atom. The molecule has 9 heteroatoms. The lowest BCUT2D eigenvalue weighted by molar-refractivity contribution is -0.0738. The molecule has 2 aromatic heterocycles. The Hall–Kier alpha value is -3.33. The third kappa shape index (κ3) is 4.94. The number of nitrogens with one attached hydrogen (secondary N) is 1. The number of aromatic nitrogens is 3. The van der Waals surface area contributed by atoms with Crippen LogP contribution in [0.25, 0.3) is 11.1 Å². The van der Waals surface area contributed by atoms with Crippen LogP contribution in [0.2, 0.25) is 0 Å². The summed E-state index contributed by atoms with van der Waals surface area (Å²) < 4.78 is 43.4. The molecule has 1 amide bonds. The molecule has 0 saturated carbocycles. The van der Waals surface area contributed by atoms with Gasteiger partial charge in [0.25, 0.3) is 11.8 Å². The third-order valence-corrected chi connectivity index (χ3v) is 6.00. The normalized spacial score (nSPS) is 18.1. The quantitative estimate of drug-likeness (QED) is 0.538. The molecule has 1 saturated heterocycles. The SMILES string of the molecule is CC(C)c1ncc(C(=O)Nc2c(-c3ccccc3F)ccnc2C2CC(F)(F)CCN2C)cn1. The molecule has 0 radical (unpaired) electrons. The predicted molar refractivity (Wildman–Crippen MR) is 123 cm³/mol. The van der Waals surface area contributed by atoms with Crippen molar-refractivity contribution in [2.75, 3.05) is 18.9 Å². The van der Waals surface area contributed by atoms with Crippen LogP contribution in [0, 0.1) is 5.82 Å². The molecule has 1 unspecified atom stereocenters. The highest BCUT2D eigenvalue weighted by Crippen LogP contribution is 2.43. The number of alkyl halides is 2. The molecule has 0 spiro atoms. The largest absolute Gasteiger partial charge is 0.320 e. The summed E-state index contributed by atoms with van der Waals surface area (Å²) in [4.78, 5) is 27.7. The van der Waals surface area contributed by atoms with E-state index in [-0.39, 0.29) is 41.4 Å². The summed E-state index contributed by atoms with van der Waals surface area (Å²) in [5.74, 6) is -3.21. The Kier molecular flexibility index (Phi) is 6.65. The zero-order valence-corrected chi connectivity index (χ0v) is 19.2. The Labute approximate surface area is 196 Å². The first-order valence-corrected chi connectivity index (χ1v) is 11.1. The van der Waals surface area contributed by atoms with Crippen LogP contribution in [0.15, 0.2) is 48.9 Å². The van der Waals surface area contributed by atoms with Gasteiger partial charge in [0.1, 0.15) is 11.6 Å². The molecule has 178 valence electrons. The van der Waals surface area contributed by atoms with Gasteiger partial charge < -0.3 is 5.32 Å². The lowest BCUT2D eigenvalue weighted by Crippen LogP contribution is -2.40. The fraction of sp³-hybridized carbons (Fsp3) is 0.360. The standard InChI is InChI=1S/C25H26F3N5O/c1-15(2)23-30-13-16(14-31-23)24(34)32-21-18(17-6-4-5-7-19(17)26)8-10-29-22(21)20-12-25(27,28)9-11-33(20)3/h4-8,10,13-15,20H,9,11-12H2,1-3H3,(H,32,34). The Bertz CT molecular complexity index is 1180. The number of benzene rings is 1. The van der Waals surface area contributed by atoms with Crippen LogP contribution in [0.3, 0.4) is 0 Å². The maximum Gasteiger partial charge on any atom is 0.258 e. The van der Waals surface area contributed by atoms with Gasteiger partial charge in [0.2, 0.25) is 0 Å². The van der Waals surface area contributed by atoms with Gasteiger partial charge in [0.05, 0.1) is 23.0 Å². The number of hydrogen-bond donors (Lipinski definition) is 1. The smallest absolute Gasteiger partial charge is 0.258 e. The molecule has 1 aliphatic rings. The van der Waals surface area contributed by atoms with Crippen LogP contribution in [0.5, 0.6) is 0 Å². The van der Waals surface area contributed by atoms with Crippen LogP contribution in [-0.4, -0.2) is 45.3 Å². The second-order valence-electron chi connectivity index (χ2n) is 8.84. The number of rotatable bonds is 5. The van der Waals surface area contributed by atoms with Gasteiger partial charge in [0, 0.05) is 55.0 Å². The molecule has 0 bridgehead atoms. The van der Waals surface area contributed by atoms with Gasteiger partial charge in [-0.2, -0.15) is 0 Å². The van der Waals surface area contributed by atoms with Crippen molar-refractivity contribution in [1.82, 2.24) is 19.9 Å². The van der Waals surface area contributed by atoms with E-state index in [0.29, 0.717) is 11.4 Å². The molecule has 3 aromatic rings. The summed E-state index contributed by atoms with van der Waals surface area (Å²) in [7, 11) is 1.74. The summed E-state index contributed by atoms with van der Waals surface area (Å²) in [5, 5.41) is 2.80. The fourth-order valence-electron chi connectivity index (χ4n) is 4.05. The first kappa shape index (κ1) is 23.8. The Morgan fingerprint density at radius 3 is 2.50 bits per heavy atom. The Balaban J connectivity index is 1.79. The number of likely N-dealkylation sites (tertiary alicyclic amines) is 1. The van der Waals surface area contributed by atoms with E-state index >= 15 is 0 Å². The number of amides is 1. The minimum absolute atomic E-state index is 0.0956. The minimum atomic E-state index is -2.87. The number of piperidine rings is 1. The molecule has 1 N–H and O–H groups in total. The summed E-state index contributed by atoms with van der Waals surface area (Å²) >= 11 is 0. The first-order chi connectivity index (χ1) is 16.2. The lowest BCUT2D eigenvalue weighted by Gasteiger charge is -2.37. The van der Waals surface area contributed by atoms with Gasteiger partial charge >= 0.3 is 0 Å². The highest BCUT2D eigenvalue weighted by molar-refractivity contribution is 6.06. The number of nitrogens with zero attached hydrogens (tertiary/aromatic N) is 4. The van der Waals surface area contributed by atoms with Crippen molar-refractivity contribution in [1.29, 1.82) is 0 Å². The molecule has 4 rings (SSSR count). The monoisotopic (exact) mass is 469 g/mol. The van der Waals surface area contributed by atoms with E-state index in [4.69, 9.17) is 0 Å². The summed E-state index contributed by atoms with van der Waals surface area (Å²) in [5.41, 5.74) is 1.24. The van der Waals surface area contributed by atoms with Crippen molar-refractivity contribution < 1.29 is 18.0 Å². The van der Waals surface area contributed by atoms with E-state index in [0.717, 1.165) is 0 Å². The van der Waals surface area contributed by atoms with Crippen molar-refractivity contribution in [2.45, 2.75) is 44.6 Å². The topological polar surface area (TPSA) is 71.0 Å². The van der Waals surface area contributed by atoms with Crippen LogP contribution in [-0.2, 0) is 0 Å². The summed E-state index contributed by atoms with van der Waals surface area (Å²) in [6.07, 6.45) is 3.57. The van der Waals surface area contributed by atoms with Gasteiger partial charge in [-0.1, -0.05) is 32.0 Å². The van der Waals surface area contributed by atoms with Crippen LogP contribution in [0.1, 0.15) is 60.5 Å². The average Bonchev–Trinajstić information content (AvgIpc) is 2.81. The summed E-state index contributed by atoms with van der Waals surface area (Å²) in [6, 6.07) is 6.91. The van der Waals surface area contributed by atoms with E-state index in [1.807, 2.05) is 13.8 Å². The zero-order chi connectivity index (χ0) is 24.5. The molecular formula is C25H26F3N5O. The molecule has 1 aromatic carbocycles. The summed E-state index contributed by atoms with van der Waals surface area (Å²) in [6.45, 7) is 4.05. The molecule has 1 aliphatic heterocycles. The minimum Gasteiger partial charge on any atom is -0.320 e. The fourth-order valence-corrected chi connectivity index (χ4v) is 4.05. The second kappa shape index (κ2) is 9.50. The molecular weight excluding hydrogens is 443 g/mol. The third-order valence-electron chi connectivity index (χ3n) is 6.00. The number of hydrogen-bond acceptors (Lipinski definition) is 5. The second-order valence-corrected chi connectivity index (χ2v) is 8.84. The number of anilines is 1. The van der Waals surface area contributed by atoms with E-state index < -0.39 is 30.1 Å². The lowest BCUT2D eigenvalue weighted by atomic mass is 9.92. The maximum absolute atomic E-state index is 14.7. The number of carbonyl (C=O) groups is 1. The van der Waals surface area contributed by atoms with E-state index in [2.05, 4.69) is 20.3 Å². The van der Waals surface area contributed by atoms with Crippen molar-refractivity contribution in [3.63, 3.8) is 0 Å². The highest BCUT2D eigenvalue weighted by Gasteiger charge is 2.41. The van der Waals surface area contributed by atoms with Crippen LogP contribution >= 0.6 is 0 Å². The molecule has 6 nitrogen and oxygen atoms in total. The van der Waals surface area contributed by atoms with Gasteiger partial charge in [-0.25, -0.2) is 23.1 Å². The Morgan fingerprint density at radius 1 is 1.12 bits per heavy atom. The number of pyridine rings is 1. The molecule has 0 aliphatic carbocycles. The van der Waals surface area contributed by atoms with Gasteiger partial charge in [-0.3, -0.25) is 14.7 Å². The van der Waals surface area contributed by atoms with Crippen LogP contribution < -0.4 is 5.32 Å². The van der Waals surface area contributed by atoms with E-state index in [1.165, 1.54) is 24.7 Å². The van der Waals surface area contributed by atoms with Crippen molar-refractivity contribution in [3.8, 4) is 11.1 Å².